The molecule has 4 fully saturated rings. The first-order chi connectivity index (χ1) is 37.6. The van der Waals surface area contributed by atoms with Gasteiger partial charge in [-0.25, -0.2) is 41.5 Å². The van der Waals surface area contributed by atoms with Crippen LogP contribution in [-0.2, 0) is 23.8 Å². The second kappa shape index (κ2) is 22.5. The Bertz CT molecular complexity index is 3200. The Hall–Kier alpha value is -7.49. The van der Waals surface area contributed by atoms with E-state index in [1.54, 1.807) is 57.7 Å². The van der Waals surface area contributed by atoms with E-state index in [1.165, 1.54) is 57.7 Å². The lowest BCUT2D eigenvalue weighted by Gasteiger charge is -2.36. The summed E-state index contributed by atoms with van der Waals surface area (Å²) in [4.78, 5) is 74.8. The molecule has 4 saturated heterocycles. The molecule has 0 aliphatic carbocycles. The van der Waals surface area contributed by atoms with Crippen LogP contribution in [0.1, 0.15) is 130 Å². The molecule has 78 heavy (non-hydrogen) atoms. The van der Waals surface area contributed by atoms with Gasteiger partial charge in [0.2, 0.25) is 11.8 Å². The highest BCUT2D eigenvalue weighted by molar-refractivity contribution is 5.88. The van der Waals surface area contributed by atoms with E-state index < -0.39 is 83.7 Å². The van der Waals surface area contributed by atoms with Gasteiger partial charge in [-0.2, -0.15) is 0 Å². The molecule has 4 amide bonds. The average Bonchev–Trinajstić information content (AvgIpc) is 4.49. The van der Waals surface area contributed by atoms with Crippen molar-refractivity contribution >= 4 is 57.4 Å². The average molecular weight is 1080 g/mol. The lowest BCUT2D eigenvalue weighted by atomic mass is 9.89. The molecule has 4 N–H and O–H groups in total. The van der Waals surface area contributed by atoms with Gasteiger partial charge in [-0.1, -0.05) is 19.1 Å². The summed E-state index contributed by atoms with van der Waals surface area (Å²) in [5.74, 6) is -3.20. The smallest absolute Gasteiger partial charge is 0.407 e. The van der Waals surface area contributed by atoms with Crippen molar-refractivity contribution < 1.29 is 55.3 Å². The molecule has 0 radical (unpaired) electrons. The maximum atomic E-state index is 17.0. The van der Waals surface area contributed by atoms with E-state index in [-0.39, 0.29) is 64.0 Å². The zero-order chi connectivity index (χ0) is 55.1. The molecular formula is C56H63F5N10O7. The lowest BCUT2D eigenvalue weighted by Crippen LogP contribution is -2.54. The molecule has 414 valence electrons. The molecule has 1 unspecified atom stereocenters. The first-order valence-electron chi connectivity index (χ1n) is 26.6. The second-order valence-corrected chi connectivity index (χ2v) is 20.6. The predicted molar refractivity (Wildman–Crippen MR) is 279 cm³/mol. The number of amides is 4. The normalized spacial score (nSPS) is 21.1. The van der Waals surface area contributed by atoms with E-state index in [1.807, 2.05) is 0 Å². The number of halogens is 5. The highest BCUT2D eigenvalue weighted by atomic mass is 19.1. The number of hydrogen-bond acceptors (Lipinski definition) is 11. The van der Waals surface area contributed by atoms with Crippen molar-refractivity contribution in [2.24, 2.45) is 0 Å². The summed E-state index contributed by atoms with van der Waals surface area (Å²) in [5, 5.41) is 5.17. The van der Waals surface area contributed by atoms with E-state index in [2.05, 4.69) is 20.6 Å². The maximum absolute atomic E-state index is 17.0. The van der Waals surface area contributed by atoms with Crippen molar-refractivity contribution in [2.75, 3.05) is 57.3 Å². The van der Waals surface area contributed by atoms with Gasteiger partial charge in [0, 0.05) is 62.2 Å². The number of nitrogens with one attached hydrogen (secondary N) is 4. The van der Waals surface area contributed by atoms with E-state index >= 15 is 17.6 Å². The van der Waals surface area contributed by atoms with Gasteiger partial charge >= 0.3 is 12.2 Å². The number of benzene rings is 4. The number of methoxy groups -OCH3 is 3. The van der Waals surface area contributed by atoms with Crippen LogP contribution in [0.15, 0.2) is 60.7 Å². The number of alkyl carbamates (subject to hydrolysis) is 2. The largest absolute Gasteiger partial charge is 0.453 e. The molecule has 22 heteroatoms. The fraction of sp³-hybridized carbons (Fsp3) is 0.464. The number of ether oxygens (including phenoxy) is 3. The van der Waals surface area contributed by atoms with Crippen molar-refractivity contribution in [1.29, 1.82) is 0 Å². The van der Waals surface area contributed by atoms with Gasteiger partial charge in [0.25, 0.3) is 0 Å². The molecule has 4 aliphatic rings. The Labute approximate surface area is 447 Å². The van der Waals surface area contributed by atoms with Crippen LogP contribution < -0.4 is 20.4 Å². The number of carbonyl (C=O) groups is 4. The summed E-state index contributed by atoms with van der Waals surface area (Å²) < 4.78 is 96.2. The Morgan fingerprint density at radius 3 is 1.65 bits per heavy atom. The van der Waals surface area contributed by atoms with Gasteiger partial charge in [-0.15, -0.1) is 0 Å². The Balaban J connectivity index is 0.991. The monoisotopic (exact) mass is 1080 g/mol. The lowest BCUT2D eigenvalue weighted by molar-refractivity contribution is -0.137. The number of H-pyrrole nitrogens is 2. The highest BCUT2D eigenvalue weighted by Gasteiger charge is 2.42. The predicted octanol–water partition coefficient (Wildman–Crippen LogP) is 9.82. The minimum Gasteiger partial charge on any atom is -0.453 e. The van der Waals surface area contributed by atoms with Crippen molar-refractivity contribution in [3.05, 3.63) is 118 Å². The standard InChI is InChI=1S/C56H63F5N10O7/c1-6-40(66-55(74)77-4)53(72)69-19-7-9-47(69)51-62-41-25-34(36(58)27-43(41)64-51)45-15-16-46(71(45)33-23-38(60)50(39(61)24-33)68-21-17-31(18-22-68)30-11-13-32(57)14-12-30)35-26-42-44(28-37(35)59)65-52(63-42)48-10-8-20-70(48)54(73)49(29(2)76-3)67-56(75)78-5/h11-14,23-29,31,40,45-49H,6-10,15-22H2,1-5H3,(H,62,64)(H,63,65)(H,66,74)(H,67,75)/t29-,40+,45-,46-,47?,48+,49+/m1/s1. The molecule has 6 aromatic rings. The van der Waals surface area contributed by atoms with Crippen molar-refractivity contribution in [3.8, 4) is 0 Å². The summed E-state index contributed by atoms with van der Waals surface area (Å²) in [6, 6.07) is 9.70. The molecule has 0 saturated carbocycles. The molecular weight excluding hydrogens is 1020 g/mol. The van der Waals surface area contributed by atoms with E-state index in [0.29, 0.717) is 93.8 Å². The van der Waals surface area contributed by atoms with Crippen LogP contribution in [0.3, 0.4) is 0 Å². The molecule has 2 aromatic heterocycles. The Morgan fingerprint density at radius 2 is 1.15 bits per heavy atom. The molecule has 0 spiro atoms. The fourth-order valence-corrected chi connectivity index (χ4v) is 12.2. The molecule has 0 bridgehead atoms. The van der Waals surface area contributed by atoms with Crippen molar-refractivity contribution in [1.82, 2.24) is 40.4 Å². The fourth-order valence-electron chi connectivity index (χ4n) is 12.2. The third-order valence-corrected chi connectivity index (χ3v) is 16.2. The number of aromatic nitrogens is 4. The van der Waals surface area contributed by atoms with Crippen LogP contribution in [0.5, 0.6) is 0 Å². The van der Waals surface area contributed by atoms with Gasteiger partial charge in [-0.05, 0) is 113 Å². The molecule has 7 atom stereocenters. The first-order valence-corrected chi connectivity index (χ1v) is 26.6. The van der Waals surface area contributed by atoms with Gasteiger partial charge in [-0.3, -0.25) is 9.59 Å². The molecule has 6 heterocycles. The maximum Gasteiger partial charge on any atom is 0.407 e. The number of fused-ring (bicyclic) bond motifs is 2. The van der Waals surface area contributed by atoms with Crippen LogP contribution in [0.25, 0.3) is 22.1 Å². The summed E-state index contributed by atoms with van der Waals surface area (Å²) in [6.07, 6.45) is 2.04. The number of nitrogens with zero attached hydrogens (tertiary/aromatic N) is 6. The van der Waals surface area contributed by atoms with Crippen LogP contribution in [0, 0.1) is 29.1 Å². The summed E-state index contributed by atoms with van der Waals surface area (Å²) in [6.45, 7) is 4.85. The third kappa shape index (κ3) is 10.4. The summed E-state index contributed by atoms with van der Waals surface area (Å²) >= 11 is 0. The van der Waals surface area contributed by atoms with Crippen molar-refractivity contribution in [3.63, 3.8) is 0 Å². The zero-order valence-electron chi connectivity index (χ0n) is 44.0. The quantitative estimate of drug-likeness (QED) is 0.0760. The topological polar surface area (TPSA) is 190 Å². The van der Waals surface area contributed by atoms with E-state index in [9.17, 15) is 23.6 Å². The number of aromatic amines is 2. The van der Waals surface area contributed by atoms with E-state index in [4.69, 9.17) is 24.2 Å². The number of piperidine rings is 1. The number of likely N-dealkylation sites (tertiary alicyclic amines) is 2. The number of carbonyl (C=O) groups excluding carboxylic acids is 4. The van der Waals surface area contributed by atoms with Crippen LogP contribution >= 0.6 is 0 Å². The van der Waals surface area contributed by atoms with E-state index in [0.717, 1.165) is 5.56 Å². The summed E-state index contributed by atoms with van der Waals surface area (Å²) in [5.41, 5.74) is 2.55. The zero-order valence-corrected chi connectivity index (χ0v) is 44.0. The molecule has 4 aromatic carbocycles. The highest BCUT2D eigenvalue weighted by Crippen LogP contribution is 2.50. The van der Waals surface area contributed by atoms with Gasteiger partial charge in [0.15, 0.2) is 11.6 Å². The number of rotatable bonds is 14. The van der Waals surface area contributed by atoms with Crippen LogP contribution in [0.4, 0.5) is 42.9 Å². The Kier molecular flexibility index (Phi) is 15.5. The van der Waals surface area contributed by atoms with Crippen LogP contribution in [0.2, 0.25) is 0 Å². The number of imidazole rings is 2. The van der Waals surface area contributed by atoms with Gasteiger partial charge in [0.05, 0.1) is 66.6 Å². The molecule has 10 rings (SSSR count). The first kappa shape index (κ1) is 53.9. The van der Waals surface area contributed by atoms with Gasteiger partial charge in [0.1, 0.15) is 46.9 Å². The number of hydrogen-bond donors (Lipinski definition) is 4. The summed E-state index contributed by atoms with van der Waals surface area (Å²) in [7, 11) is 3.83. The minimum atomic E-state index is -1.08. The molecule has 17 nitrogen and oxygen atoms in total. The van der Waals surface area contributed by atoms with Gasteiger partial charge < -0.3 is 54.4 Å². The van der Waals surface area contributed by atoms with Crippen molar-refractivity contribution in [2.45, 2.75) is 120 Å². The van der Waals surface area contributed by atoms with Crippen LogP contribution in [-0.4, -0.2) is 119 Å². The third-order valence-electron chi connectivity index (χ3n) is 16.2. The molecule has 4 aliphatic heterocycles. The minimum absolute atomic E-state index is 0.0590. The Morgan fingerprint density at radius 1 is 0.641 bits per heavy atom. The second-order valence-electron chi connectivity index (χ2n) is 20.6. The SMILES string of the molecule is CC[C@H](NC(=O)OC)C(=O)N1CCCC1c1nc2cc(F)c([C@H]3CC[C@H](c4cc5[nH]c([C@@H]6CCCN6C(=O)[C@@H](NC(=O)OC)[C@@H](C)OC)nc5cc4F)N3c3cc(F)c(N4CCC(c5ccc(F)cc5)CC4)c(F)c3)cc2[nH]1. The number of anilines is 2.